The zero-order valence-electron chi connectivity index (χ0n) is 14.0. The highest BCUT2D eigenvalue weighted by atomic mass is 32.1. The SMILES string of the molecule is Cc1ccc2c(c1)CC(c1ccc(-c3ccccc3F)cn1)=N2.O=S=O. The summed E-state index contributed by atoms with van der Waals surface area (Å²) in [6.45, 7) is 2.08. The zero-order valence-corrected chi connectivity index (χ0v) is 14.8. The number of aryl methyl sites for hydroxylation is 1. The maximum absolute atomic E-state index is 13.8. The van der Waals surface area contributed by atoms with Crippen LogP contribution in [-0.2, 0) is 18.0 Å². The van der Waals surface area contributed by atoms with Crippen LogP contribution >= 0.6 is 0 Å². The number of benzene rings is 2. The van der Waals surface area contributed by atoms with E-state index in [1.54, 1.807) is 18.3 Å². The molecule has 0 N–H and O–H groups in total. The highest BCUT2D eigenvalue weighted by Gasteiger charge is 2.17. The molecular formula is C20H15FN2O2S. The first-order chi connectivity index (χ1) is 12.6. The van der Waals surface area contributed by atoms with Crippen molar-refractivity contribution in [2.24, 2.45) is 4.99 Å². The summed E-state index contributed by atoms with van der Waals surface area (Å²) in [6.07, 6.45) is 2.51. The van der Waals surface area contributed by atoms with Gasteiger partial charge in [-0.3, -0.25) is 9.98 Å². The molecule has 2 heterocycles. The summed E-state index contributed by atoms with van der Waals surface area (Å²) in [5, 5.41) is 0. The standard InChI is InChI=1S/C20H15FN2.O2S/c1-13-6-8-18-15(10-13)11-20(23-18)19-9-7-14(12-22-19)16-4-2-3-5-17(16)21;1-3-2/h2-10,12H,11H2,1H3;. The molecular weight excluding hydrogens is 351 g/mol. The highest BCUT2D eigenvalue weighted by molar-refractivity contribution is 7.51. The molecule has 1 aliphatic heterocycles. The predicted octanol–water partition coefficient (Wildman–Crippen LogP) is 4.20. The molecule has 0 aliphatic carbocycles. The fourth-order valence-corrected chi connectivity index (χ4v) is 2.90. The Morgan fingerprint density at radius 1 is 1.04 bits per heavy atom. The molecule has 3 aromatic rings. The fraction of sp³-hybridized carbons (Fsp3) is 0.100. The summed E-state index contributed by atoms with van der Waals surface area (Å²) in [5.41, 5.74) is 6.65. The average molecular weight is 366 g/mol. The van der Waals surface area contributed by atoms with E-state index in [1.807, 2.05) is 24.3 Å². The second-order valence-electron chi connectivity index (χ2n) is 5.85. The van der Waals surface area contributed by atoms with Gasteiger partial charge in [0.05, 0.1) is 17.1 Å². The Morgan fingerprint density at radius 3 is 2.50 bits per heavy atom. The monoisotopic (exact) mass is 366 g/mol. The quantitative estimate of drug-likeness (QED) is 0.683. The maximum atomic E-state index is 13.8. The predicted molar refractivity (Wildman–Crippen MR) is 99.6 cm³/mol. The van der Waals surface area contributed by atoms with Crippen molar-refractivity contribution in [3.8, 4) is 11.1 Å². The first kappa shape index (κ1) is 17.8. The molecule has 130 valence electrons. The van der Waals surface area contributed by atoms with Crippen molar-refractivity contribution in [2.45, 2.75) is 13.3 Å². The van der Waals surface area contributed by atoms with Crippen molar-refractivity contribution in [3.63, 3.8) is 0 Å². The number of aromatic nitrogens is 1. The third-order valence-electron chi connectivity index (χ3n) is 4.09. The lowest BCUT2D eigenvalue weighted by Crippen LogP contribution is -2.03. The van der Waals surface area contributed by atoms with E-state index in [-0.39, 0.29) is 5.82 Å². The number of hydrogen-bond acceptors (Lipinski definition) is 4. The number of nitrogens with zero attached hydrogens (tertiary/aromatic N) is 2. The molecule has 0 amide bonds. The molecule has 4 nitrogen and oxygen atoms in total. The van der Waals surface area contributed by atoms with E-state index >= 15 is 0 Å². The summed E-state index contributed by atoms with van der Waals surface area (Å²) in [5.74, 6) is -0.233. The van der Waals surface area contributed by atoms with Gasteiger partial charge in [0.15, 0.2) is 0 Å². The van der Waals surface area contributed by atoms with Gasteiger partial charge < -0.3 is 0 Å². The van der Waals surface area contributed by atoms with Crippen LogP contribution in [-0.4, -0.2) is 19.1 Å². The van der Waals surface area contributed by atoms with Gasteiger partial charge in [0.25, 0.3) is 0 Å². The van der Waals surface area contributed by atoms with Crippen LogP contribution in [0.25, 0.3) is 11.1 Å². The molecule has 1 aromatic heterocycles. The molecule has 0 atom stereocenters. The minimum Gasteiger partial charge on any atom is -0.254 e. The van der Waals surface area contributed by atoms with Crippen molar-refractivity contribution in [3.05, 3.63) is 83.4 Å². The van der Waals surface area contributed by atoms with E-state index in [1.165, 1.54) is 17.2 Å². The van der Waals surface area contributed by atoms with E-state index in [0.29, 0.717) is 5.56 Å². The smallest absolute Gasteiger partial charge is 0.254 e. The molecule has 0 saturated carbocycles. The molecule has 0 spiro atoms. The molecule has 0 fully saturated rings. The molecule has 6 heteroatoms. The van der Waals surface area contributed by atoms with Crippen LogP contribution < -0.4 is 0 Å². The van der Waals surface area contributed by atoms with Crippen LogP contribution in [0.15, 0.2) is 65.8 Å². The summed E-state index contributed by atoms with van der Waals surface area (Å²) in [6, 6.07) is 16.8. The summed E-state index contributed by atoms with van der Waals surface area (Å²) in [7, 11) is 0. The first-order valence-corrected chi connectivity index (χ1v) is 8.59. The van der Waals surface area contributed by atoms with Crippen molar-refractivity contribution < 1.29 is 12.8 Å². The van der Waals surface area contributed by atoms with E-state index in [4.69, 9.17) is 8.42 Å². The number of pyridine rings is 1. The van der Waals surface area contributed by atoms with Crippen molar-refractivity contribution in [1.82, 2.24) is 4.98 Å². The number of fused-ring (bicyclic) bond motifs is 1. The van der Waals surface area contributed by atoms with Crippen LogP contribution in [0.3, 0.4) is 0 Å². The lowest BCUT2D eigenvalue weighted by Gasteiger charge is -2.04. The maximum Gasteiger partial charge on any atom is 0.335 e. The van der Waals surface area contributed by atoms with Gasteiger partial charge in [0.2, 0.25) is 0 Å². The molecule has 4 rings (SSSR count). The van der Waals surface area contributed by atoms with E-state index in [2.05, 4.69) is 29.0 Å². The van der Waals surface area contributed by atoms with E-state index in [9.17, 15) is 4.39 Å². The molecule has 2 aromatic carbocycles. The van der Waals surface area contributed by atoms with E-state index < -0.39 is 11.6 Å². The van der Waals surface area contributed by atoms with Crippen molar-refractivity contribution >= 4 is 23.0 Å². The Kier molecular flexibility index (Phi) is 5.43. The Bertz CT molecular complexity index is 1010. The molecule has 26 heavy (non-hydrogen) atoms. The topological polar surface area (TPSA) is 59.4 Å². The Balaban J connectivity index is 0.000000613. The molecule has 0 bridgehead atoms. The van der Waals surface area contributed by atoms with Crippen molar-refractivity contribution in [2.75, 3.05) is 0 Å². The normalized spacial score (nSPS) is 11.8. The number of halogens is 1. The minimum absolute atomic E-state index is 0.233. The lowest BCUT2D eigenvalue weighted by molar-refractivity contribution is 0.630. The fourth-order valence-electron chi connectivity index (χ4n) is 2.90. The molecule has 0 saturated heterocycles. The summed E-state index contributed by atoms with van der Waals surface area (Å²) >= 11 is -0.750. The van der Waals surface area contributed by atoms with Gasteiger partial charge in [-0.2, -0.15) is 8.42 Å². The zero-order chi connectivity index (χ0) is 18.5. The van der Waals surface area contributed by atoms with Gasteiger partial charge in [-0.25, -0.2) is 4.39 Å². The largest absolute Gasteiger partial charge is 0.335 e. The van der Waals surface area contributed by atoms with Gasteiger partial charge >= 0.3 is 11.6 Å². The van der Waals surface area contributed by atoms with Crippen LogP contribution in [0.2, 0.25) is 0 Å². The van der Waals surface area contributed by atoms with Gasteiger partial charge in [-0.15, -0.1) is 0 Å². The van der Waals surface area contributed by atoms with Crippen LogP contribution in [0, 0.1) is 12.7 Å². The van der Waals surface area contributed by atoms with Gasteiger partial charge in [0, 0.05) is 23.7 Å². The average Bonchev–Trinajstić information content (AvgIpc) is 3.06. The third-order valence-corrected chi connectivity index (χ3v) is 4.09. The van der Waals surface area contributed by atoms with Crippen molar-refractivity contribution in [1.29, 1.82) is 0 Å². The number of rotatable bonds is 2. The Labute approximate surface area is 154 Å². The van der Waals surface area contributed by atoms with Crippen LogP contribution in [0.4, 0.5) is 10.1 Å². The first-order valence-electron chi connectivity index (χ1n) is 7.92. The van der Waals surface area contributed by atoms with Crippen LogP contribution in [0.1, 0.15) is 16.8 Å². The third kappa shape index (κ3) is 3.81. The second kappa shape index (κ2) is 7.93. The number of aliphatic imine (C=N–C) groups is 1. The van der Waals surface area contributed by atoms with Crippen LogP contribution in [0.5, 0.6) is 0 Å². The molecule has 1 aliphatic rings. The lowest BCUT2D eigenvalue weighted by atomic mass is 10.0. The van der Waals surface area contributed by atoms with Gasteiger partial charge in [-0.05, 0) is 30.7 Å². The Hall–Kier alpha value is -2.99. The van der Waals surface area contributed by atoms with Gasteiger partial charge in [0.1, 0.15) is 5.82 Å². The molecule has 0 radical (unpaired) electrons. The van der Waals surface area contributed by atoms with Gasteiger partial charge in [-0.1, -0.05) is 42.0 Å². The summed E-state index contributed by atoms with van der Waals surface area (Å²) in [4.78, 5) is 9.15. The Morgan fingerprint density at radius 2 is 1.81 bits per heavy atom. The molecule has 0 unspecified atom stereocenters. The minimum atomic E-state index is -0.750. The van der Waals surface area contributed by atoms with E-state index in [0.717, 1.165) is 29.1 Å². The summed E-state index contributed by atoms with van der Waals surface area (Å²) < 4.78 is 30.4. The highest BCUT2D eigenvalue weighted by Crippen LogP contribution is 2.29. The number of hydrogen-bond donors (Lipinski definition) is 0. The second-order valence-corrected chi connectivity index (χ2v) is 5.98.